The summed E-state index contributed by atoms with van der Waals surface area (Å²) in [5.41, 5.74) is 1.67. The van der Waals surface area contributed by atoms with Gasteiger partial charge < -0.3 is 10.0 Å². The molecule has 0 aromatic heterocycles. The van der Waals surface area contributed by atoms with Gasteiger partial charge in [-0.1, -0.05) is 18.2 Å². The first-order valence-electron chi connectivity index (χ1n) is 8.44. The van der Waals surface area contributed by atoms with Crippen molar-refractivity contribution in [2.24, 2.45) is 5.92 Å². The molecule has 0 aliphatic carbocycles. The Balaban J connectivity index is 1.57. The molecule has 1 fully saturated rings. The standard InChI is InChI=1S/C20H22FNO2/c21-18-10-8-15(9-11-18)6-7-16-3-2-12-22(14-16)20(24)17-4-1-5-19(23)13-17/h1,4-5,8-11,13,16,23H,2-3,6-7,12,14H2. The van der Waals surface area contributed by atoms with Gasteiger partial charge in [0.05, 0.1) is 0 Å². The summed E-state index contributed by atoms with van der Waals surface area (Å²) in [7, 11) is 0. The number of hydrogen-bond donors (Lipinski definition) is 1. The number of likely N-dealkylation sites (tertiary alicyclic amines) is 1. The van der Waals surface area contributed by atoms with Crippen LogP contribution in [0.2, 0.25) is 0 Å². The van der Waals surface area contributed by atoms with Crippen LogP contribution in [0.4, 0.5) is 4.39 Å². The lowest BCUT2D eigenvalue weighted by Gasteiger charge is -2.33. The maximum atomic E-state index is 12.9. The van der Waals surface area contributed by atoms with Crippen LogP contribution >= 0.6 is 0 Å². The Kier molecular flexibility index (Phi) is 5.14. The van der Waals surface area contributed by atoms with Gasteiger partial charge in [-0.3, -0.25) is 4.79 Å². The highest BCUT2D eigenvalue weighted by molar-refractivity contribution is 5.94. The number of carbonyl (C=O) groups is 1. The molecule has 2 aromatic rings. The van der Waals surface area contributed by atoms with E-state index in [1.165, 1.54) is 18.2 Å². The Labute approximate surface area is 141 Å². The summed E-state index contributed by atoms with van der Waals surface area (Å²) in [6.07, 6.45) is 4.01. The lowest BCUT2D eigenvalue weighted by Crippen LogP contribution is -2.40. The highest BCUT2D eigenvalue weighted by Gasteiger charge is 2.24. The number of aryl methyl sites for hydroxylation is 1. The molecule has 1 N–H and O–H groups in total. The van der Waals surface area contributed by atoms with E-state index < -0.39 is 0 Å². The number of amides is 1. The average Bonchev–Trinajstić information content (AvgIpc) is 2.61. The Morgan fingerprint density at radius 1 is 1.21 bits per heavy atom. The van der Waals surface area contributed by atoms with Crippen LogP contribution in [0.5, 0.6) is 5.75 Å². The fourth-order valence-corrected chi connectivity index (χ4v) is 3.33. The van der Waals surface area contributed by atoms with Crippen molar-refractivity contribution in [1.29, 1.82) is 0 Å². The van der Waals surface area contributed by atoms with Crippen LogP contribution in [0.1, 0.15) is 35.2 Å². The maximum Gasteiger partial charge on any atom is 0.253 e. The summed E-state index contributed by atoms with van der Waals surface area (Å²) >= 11 is 0. The maximum absolute atomic E-state index is 12.9. The minimum atomic E-state index is -0.209. The molecule has 3 rings (SSSR count). The first kappa shape index (κ1) is 16.5. The van der Waals surface area contributed by atoms with Gasteiger partial charge in [0.2, 0.25) is 0 Å². The van der Waals surface area contributed by atoms with Crippen LogP contribution in [0, 0.1) is 11.7 Å². The molecule has 0 saturated carbocycles. The normalized spacial score (nSPS) is 17.7. The molecular weight excluding hydrogens is 305 g/mol. The van der Waals surface area contributed by atoms with Gasteiger partial charge in [-0.25, -0.2) is 4.39 Å². The Morgan fingerprint density at radius 2 is 2.00 bits per heavy atom. The number of halogens is 1. The zero-order valence-electron chi connectivity index (χ0n) is 13.6. The lowest BCUT2D eigenvalue weighted by molar-refractivity contribution is 0.0668. The number of benzene rings is 2. The quantitative estimate of drug-likeness (QED) is 0.921. The highest BCUT2D eigenvalue weighted by Crippen LogP contribution is 2.24. The second kappa shape index (κ2) is 7.47. The zero-order valence-corrected chi connectivity index (χ0v) is 13.6. The summed E-state index contributed by atoms with van der Waals surface area (Å²) in [5.74, 6) is 0.354. The Bertz CT molecular complexity index is 699. The number of rotatable bonds is 4. The summed E-state index contributed by atoms with van der Waals surface area (Å²) in [6.45, 7) is 1.51. The molecule has 4 heteroatoms. The number of hydrogen-bond acceptors (Lipinski definition) is 2. The van der Waals surface area contributed by atoms with Crippen molar-refractivity contribution < 1.29 is 14.3 Å². The Hall–Kier alpha value is -2.36. The van der Waals surface area contributed by atoms with Gasteiger partial charge in [0, 0.05) is 18.7 Å². The van der Waals surface area contributed by atoms with E-state index in [-0.39, 0.29) is 17.5 Å². The third-order valence-corrected chi connectivity index (χ3v) is 4.65. The first-order valence-corrected chi connectivity index (χ1v) is 8.44. The molecule has 1 saturated heterocycles. The molecule has 1 unspecified atom stereocenters. The van der Waals surface area contributed by atoms with Gasteiger partial charge in [-0.05, 0) is 67.5 Å². The molecule has 126 valence electrons. The van der Waals surface area contributed by atoms with Gasteiger partial charge in [-0.2, -0.15) is 0 Å². The van der Waals surface area contributed by atoms with Gasteiger partial charge in [0.1, 0.15) is 11.6 Å². The van der Waals surface area contributed by atoms with E-state index in [4.69, 9.17) is 0 Å². The van der Waals surface area contributed by atoms with E-state index in [0.717, 1.165) is 44.3 Å². The summed E-state index contributed by atoms with van der Waals surface area (Å²) in [6, 6.07) is 13.2. The third kappa shape index (κ3) is 4.13. The fourth-order valence-electron chi connectivity index (χ4n) is 3.33. The van der Waals surface area contributed by atoms with Gasteiger partial charge in [0.25, 0.3) is 5.91 Å². The number of carbonyl (C=O) groups excluding carboxylic acids is 1. The fraction of sp³-hybridized carbons (Fsp3) is 0.350. The minimum Gasteiger partial charge on any atom is -0.508 e. The van der Waals surface area contributed by atoms with E-state index in [0.29, 0.717) is 11.5 Å². The SMILES string of the molecule is O=C(c1cccc(O)c1)N1CCCC(CCc2ccc(F)cc2)C1. The lowest BCUT2D eigenvalue weighted by atomic mass is 9.91. The first-order chi connectivity index (χ1) is 11.6. The van der Waals surface area contributed by atoms with Crippen molar-refractivity contribution >= 4 is 5.91 Å². The van der Waals surface area contributed by atoms with E-state index >= 15 is 0 Å². The van der Waals surface area contributed by atoms with E-state index in [9.17, 15) is 14.3 Å². The number of aromatic hydroxyl groups is 1. The number of piperidine rings is 1. The summed E-state index contributed by atoms with van der Waals surface area (Å²) in [5, 5.41) is 9.54. The predicted octanol–water partition coefficient (Wildman–Crippen LogP) is 4.02. The predicted molar refractivity (Wildman–Crippen MR) is 91.5 cm³/mol. The van der Waals surface area contributed by atoms with Gasteiger partial charge in [-0.15, -0.1) is 0 Å². The summed E-state index contributed by atoms with van der Waals surface area (Å²) < 4.78 is 12.9. The van der Waals surface area contributed by atoms with Gasteiger partial charge >= 0.3 is 0 Å². The van der Waals surface area contributed by atoms with E-state index in [1.807, 2.05) is 17.0 Å². The van der Waals surface area contributed by atoms with Crippen LogP contribution in [0.15, 0.2) is 48.5 Å². The van der Waals surface area contributed by atoms with Crippen LogP contribution in [0.25, 0.3) is 0 Å². The average molecular weight is 327 g/mol. The molecule has 1 atom stereocenters. The minimum absolute atomic E-state index is 0.0163. The van der Waals surface area contributed by atoms with Crippen molar-refractivity contribution in [3.8, 4) is 5.75 Å². The molecule has 0 spiro atoms. The molecule has 1 amide bonds. The van der Waals surface area contributed by atoms with Crippen LogP contribution < -0.4 is 0 Å². The number of phenolic OH excluding ortho intramolecular Hbond substituents is 1. The molecule has 1 heterocycles. The van der Waals surface area contributed by atoms with Crippen molar-refractivity contribution in [2.45, 2.75) is 25.7 Å². The number of nitrogens with zero attached hydrogens (tertiary/aromatic N) is 1. The third-order valence-electron chi connectivity index (χ3n) is 4.65. The zero-order chi connectivity index (χ0) is 16.9. The van der Waals surface area contributed by atoms with E-state index in [1.54, 1.807) is 18.2 Å². The largest absolute Gasteiger partial charge is 0.508 e. The molecule has 2 aromatic carbocycles. The van der Waals surface area contributed by atoms with Crippen molar-refractivity contribution in [3.05, 3.63) is 65.5 Å². The highest BCUT2D eigenvalue weighted by atomic mass is 19.1. The smallest absolute Gasteiger partial charge is 0.253 e. The van der Waals surface area contributed by atoms with Crippen molar-refractivity contribution in [2.75, 3.05) is 13.1 Å². The molecule has 1 aliphatic rings. The Morgan fingerprint density at radius 3 is 2.75 bits per heavy atom. The van der Waals surface area contributed by atoms with Crippen molar-refractivity contribution in [3.63, 3.8) is 0 Å². The molecular formula is C20H22FNO2. The molecule has 24 heavy (non-hydrogen) atoms. The monoisotopic (exact) mass is 327 g/mol. The van der Waals surface area contributed by atoms with Crippen LogP contribution in [-0.4, -0.2) is 29.0 Å². The number of phenols is 1. The molecule has 0 radical (unpaired) electrons. The van der Waals surface area contributed by atoms with Gasteiger partial charge in [0.15, 0.2) is 0 Å². The second-order valence-electron chi connectivity index (χ2n) is 6.47. The van der Waals surface area contributed by atoms with E-state index in [2.05, 4.69) is 0 Å². The molecule has 0 bridgehead atoms. The summed E-state index contributed by atoms with van der Waals surface area (Å²) in [4.78, 5) is 14.5. The van der Waals surface area contributed by atoms with Crippen molar-refractivity contribution in [1.82, 2.24) is 4.90 Å². The molecule has 3 nitrogen and oxygen atoms in total. The van der Waals surface area contributed by atoms with Crippen LogP contribution in [0.3, 0.4) is 0 Å². The topological polar surface area (TPSA) is 40.5 Å². The molecule has 1 aliphatic heterocycles. The van der Waals surface area contributed by atoms with Crippen LogP contribution in [-0.2, 0) is 6.42 Å². The second-order valence-corrected chi connectivity index (χ2v) is 6.47.